The van der Waals surface area contributed by atoms with Gasteiger partial charge < -0.3 is 4.90 Å². The zero-order valence-corrected chi connectivity index (χ0v) is 14.9. The maximum absolute atomic E-state index is 12.7. The lowest BCUT2D eigenvalue weighted by atomic mass is 10.1. The van der Waals surface area contributed by atoms with Crippen molar-refractivity contribution in [2.24, 2.45) is 0 Å². The number of imide groups is 1. The Morgan fingerprint density at radius 2 is 1.54 bits per heavy atom. The third kappa shape index (κ3) is 3.99. The highest BCUT2D eigenvalue weighted by atomic mass is 16.2. The molecule has 1 fully saturated rings. The van der Waals surface area contributed by atoms with Crippen LogP contribution in [0.3, 0.4) is 0 Å². The summed E-state index contributed by atoms with van der Waals surface area (Å²) in [7, 11) is 0. The monoisotopic (exact) mass is 350 g/mol. The molecule has 1 aliphatic rings. The van der Waals surface area contributed by atoms with Gasteiger partial charge in [0, 0.05) is 31.5 Å². The van der Waals surface area contributed by atoms with Gasteiger partial charge in [-0.25, -0.2) is 0 Å². The summed E-state index contributed by atoms with van der Waals surface area (Å²) in [6.07, 6.45) is 0.584. The molecule has 0 atom stereocenters. The SMILES string of the molecule is CCN(Cc1ccccc1)C(=O)c1ccc(CN2C(=O)CCC2=O)cc1. The van der Waals surface area contributed by atoms with Crippen LogP contribution in [0.1, 0.15) is 41.3 Å². The number of rotatable bonds is 6. The average molecular weight is 350 g/mol. The minimum Gasteiger partial charge on any atom is -0.335 e. The van der Waals surface area contributed by atoms with Gasteiger partial charge in [0.2, 0.25) is 11.8 Å². The Labute approximate surface area is 153 Å². The van der Waals surface area contributed by atoms with Crippen molar-refractivity contribution >= 4 is 17.7 Å². The fourth-order valence-corrected chi connectivity index (χ4v) is 3.05. The van der Waals surface area contributed by atoms with Gasteiger partial charge in [0.25, 0.3) is 5.91 Å². The summed E-state index contributed by atoms with van der Waals surface area (Å²) >= 11 is 0. The number of likely N-dealkylation sites (tertiary alicyclic amines) is 1. The zero-order chi connectivity index (χ0) is 18.5. The van der Waals surface area contributed by atoms with Crippen molar-refractivity contribution in [2.45, 2.75) is 32.9 Å². The number of hydrogen-bond acceptors (Lipinski definition) is 3. The Morgan fingerprint density at radius 1 is 0.923 bits per heavy atom. The number of carbonyl (C=O) groups excluding carboxylic acids is 3. The first-order valence-corrected chi connectivity index (χ1v) is 8.84. The van der Waals surface area contributed by atoms with Crippen LogP contribution in [0, 0.1) is 0 Å². The van der Waals surface area contributed by atoms with Gasteiger partial charge in [-0.1, -0.05) is 42.5 Å². The highest BCUT2D eigenvalue weighted by Crippen LogP contribution is 2.17. The van der Waals surface area contributed by atoms with Crippen LogP contribution in [-0.4, -0.2) is 34.1 Å². The Hall–Kier alpha value is -2.95. The van der Waals surface area contributed by atoms with Gasteiger partial charge in [-0.2, -0.15) is 0 Å². The quantitative estimate of drug-likeness (QED) is 0.753. The third-order valence-electron chi connectivity index (χ3n) is 4.58. The van der Waals surface area contributed by atoms with Gasteiger partial charge in [-0.3, -0.25) is 19.3 Å². The van der Waals surface area contributed by atoms with Crippen LogP contribution < -0.4 is 0 Å². The van der Waals surface area contributed by atoms with Gasteiger partial charge in [0.1, 0.15) is 0 Å². The lowest BCUT2D eigenvalue weighted by molar-refractivity contribution is -0.139. The fraction of sp³-hybridized carbons (Fsp3) is 0.286. The first-order chi connectivity index (χ1) is 12.6. The lowest BCUT2D eigenvalue weighted by Crippen LogP contribution is -2.30. The van der Waals surface area contributed by atoms with Gasteiger partial charge in [-0.05, 0) is 30.2 Å². The highest BCUT2D eigenvalue weighted by Gasteiger charge is 2.28. The van der Waals surface area contributed by atoms with Gasteiger partial charge in [0.15, 0.2) is 0 Å². The highest BCUT2D eigenvalue weighted by molar-refractivity contribution is 6.01. The molecular weight excluding hydrogens is 328 g/mol. The maximum Gasteiger partial charge on any atom is 0.254 e. The molecule has 0 saturated carbocycles. The Morgan fingerprint density at radius 3 is 2.12 bits per heavy atom. The van der Waals surface area contributed by atoms with Crippen molar-refractivity contribution < 1.29 is 14.4 Å². The lowest BCUT2D eigenvalue weighted by Gasteiger charge is -2.21. The molecule has 5 nitrogen and oxygen atoms in total. The minimum atomic E-state index is -0.129. The average Bonchev–Trinajstić information content (AvgIpc) is 2.99. The van der Waals surface area contributed by atoms with Crippen LogP contribution in [0.2, 0.25) is 0 Å². The van der Waals surface area contributed by atoms with Crippen LogP contribution >= 0.6 is 0 Å². The van der Waals surface area contributed by atoms with E-state index in [-0.39, 0.29) is 24.3 Å². The fourth-order valence-electron chi connectivity index (χ4n) is 3.05. The van der Waals surface area contributed by atoms with E-state index in [1.165, 1.54) is 4.90 Å². The Balaban J connectivity index is 1.67. The Kier molecular flexibility index (Phi) is 5.46. The molecule has 2 aromatic rings. The third-order valence-corrected chi connectivity index (χ3v) is 4.58. The van der Waals surface area contributed by atoms with Crippen molar-refractivity contribution in [3.05, 3.63) is 71.3 Å². The molecule has 1 heterocycles. The van der Waals surface area contributed by atoms with E-state index in [4.69, 9.17) is 0 Å². The molecule has 0 N–H and O–H groups in total. The topological polar surface area (TPSA) is 57.7 Å². The predicted octanol–water partition coefficient (Wildman–Crippen LogP) is 3.00. The van der Waals surface area contributed by atoms with E-state index >= 15 is 0 Å². The van der Waals surface area contributed by atoms with Crippen molar-refractivity contribution in [3.63, 3.8) is 0 Å². The first-order valence-electron chi connectivity index (χ1n) is 8.84. The first kappa shape index (κ1) is 17.9. The van der Waals surface area contributed by atoms with Crippen molar-refractivity contribution in [3.8, 4) is 0 Å². The summed E-state index contributed by atoms with van der Waals surface area (Å²) < 4.78 is 0. The molecule has 2 aromatic carbocycles. The number of hydrogen-bond donors (Lipinski definition) is 0. The second-order valence-electron chi connectivity index (χ2n) is 6.38. The van der Waals surface area contributed by atoms with Crippen LogP contribution in [0.4, 0.5) is 0 Å². The number of carbonyl (C=O) groups is 3. The maximum atomic E-state index is 12.7. The molecule has 1 saturated heterocycles. The summed E-state index contributed by atoms with van der Waals surface area (Å²) in [4.78, 5) is 39.2. The van der Waals surface area contributed by atoms with E-state index in [0.717, 1.165) is 11.1 Å². The van der Waals surface area contributed by atoms with Crippen molar-refractivity contribution in [1.29, 1.82) is 0 Å². The van der Waals surface area contributed by atoms with E-state index in [1.807, 2.05) is 49.4 Å². The second kappa shape index (κ2) is 7.95. The molecule has 0 unspecified atom stereocenters. The Bertz CT molecular complexity index is 784. The van der Waals surface area contributed by atoms with E-state index in [0.29, 0.717) is 31.5 Å². The van der Waals surface area contributed by atoms with E-state index in [9.17, 15) is 14.4 Å². The number of benzene rings is 2. The van der Waals surface area contributed by atoms with Gasteiger partial charge >= 0.3 is 0 Å². The number of amides is 3. The van der Waals surface area contributed by atoms with Crippen LogP contribution in [0.5, 0.6) is 0 Å². The molecular formula is C21H22N2O3. The van der Waals surface area contributed by atoms with Crippen LogP contribution in [0.15, 0.2) is 54.6 Å². The standard InChI is InChI=1S/C21H22N2O3/c1-2-22(14-16-6-4-3-5-7-16)21(26)18-10-8-17(9-11-18)15-23-19(24)12-13-20(23)25/h3-11H,2,12-15H2,1H3. The van der Waals surface area contributed by atoms with E-state index in [2.05, 4.69) is 0 Å². The molecule has 5 heteroatoms. The summed E-state index contributed by atoms with van der Waals surface area (Å²) in [5.41, 5.74) is 2.53. The summed E-state index contributed by atoms with van der Waals surface area (Å²) in [5.74, 6) is -0.290. The molecule has 0 bridgehead atoms. The van der Waals surface area contributed by atoms with Crippen LogP contribution in [-0.2, 0) is 22.7 Å². The summed E-state index contributed by atoms with van der Waals surface area (Å²) in [6.45, 7) is 3.41. The van der Waals surface area contributed by atoms with E-state index in [1.54, 1.807) is 17.0 Å². The smallest absolute Gasteiger partial charge is 0.254 e. The minimum absolute atomic E-state index is 0.0313. The molecule has 26 heavy (non-hydrogen) atoms. The molecule has 0 spiro atoms. The molecule has 0 aliphatic carbocycles. The molecule has 0 aromatic heterocycles. The van der Waals surface area contributed by atoms with Crippen molar-refractivity contribution in [1.82, 2.24) is 9.80 Å². The summed E-state index contributed by atoms with van der Waals surface area (Å²) in [6, 6.07) is 17.0. The normalized spacial score (nSPS) is 14.0. The predicted molar refractivity (Wildman–Crippen MR) is 98.1 cm³/mol. The zero-order valence-electron chi connectivity index (χ0n) is 14.9. The largest absolute Gasteiger partial charge is 0.335 e. The molecule has 3 rings (SSSR count). The molecule has 134 valence electrons. The molecule has 1 aliphatic heterocycles. The second-order valence-corrected chi connectivity index (χ2v) is 6.38. The summed E-state index contributed by atoms with van der Waals surface area (Å²) in [5, 5.41) is 0. The van der Waals surface area contributed by atoms with Crippen LogP contribution in [0.25, 0.3) is 0 Å². The molecule has 3 amide bonds. The van der Waals surface area contributed by atoms with Gasteiger partial charge in [-0.15, -0.1) is 0 Å². The van der Waals surface area contributed by atoms with Crippen molar-refractivity contribution in [2.75, 3.05) is 6.54 Å². The number of nitrogens with zero attached hydrogens (tertiary/aromatic N) is 2. The molecule has 0 radical (unpaired) electrons. The van der Waals surface area contributed by atoms with Gasteiger partial charge in [0.05, 0.1) is 6.54 Å². The van der Waals surface area contributed by atoms with E-state index < -0.39 is 0 Å².